The molecule has 1 atom stereocenters. The SMILES string of the molecule is Cc1cc(C(=O)O[C@@H](C)C(=O)NCC(C)C)c(C)n1Cc1ccccc1. The molecule has 0 aliphatic rings. The molecule has 0 bridgehead atoms. The summed E-state index contributed by atoms with van der Waals surface area (Å²) in [7, 11) is 0. The molecule has 5 heteroatoms. The number of ether oxygens (including phenoxy) is 1. The van der Waals surface area contributed by atoms with E-state index in [0.29, 0.717) is 24.6 Å². The first kappa shape index (κ1) is 19.8. The molecular formula is C21H28N2O3. The summed E-state index contributed by atoms with van der Waals surface area (Å²) in [5, 5.41) is 2.78. The smallest absolute Gasteiger partial charge is 0.340 e. The predicted octanol–water partition coefficient (Wildman–Crippen LogP) is 3.47. The van der Waals surface area contributed by atoms with Crippen LogP contribution in [-0.2, 0) is 16.1 Å². The number of rotatable bonds is 7. The number of aromatic nitrogens is 1. The van der Waals surface area contributed by atoms with Crippen LogP contribution < -0.4 is 5.32 Å². The van der Waals surface area contributed by atoms with Crippen molar-refractivity contribution in [1.82, 2.24) is 9.88 Å². The summed E-state index contributed by atoms with van der Waals surface area (Å²) in [5.74, 6) is -0.395. The van der Waals surface area contributed by atoms with Crippen LogP contribution in [0.4, 0.5) is 0 Å². The second-order valence-corrected chi connectivity index (χ2v) is 7.04. The van der Waals surface area contributed by atoms with Gasteiger partial charge < -0.3 is 14.6 Å². The number of hydrogen-bond donors (Lipinski definition) is 1. The number of nitrogens with zero attached hydrogens (tertiary/aromatic N) is 1. The molecule has 0 unspecified atom stereocenters. The van der Waals surface area contributed by atoms with Crippen molar-refractivity contribution in [3.8, 4) is 0 Å². The third kappa shape index (κ3) is 4.97. The van der Waals surface area contributed by atoms with Crippen molar-refractivity contribution in [1.29, 1.82) is 0 Å². The maximum atomic E-state index is 12.5. The van der Waals surface area contributed by atoms with Crippen LogP contribution in [0.25, 0.3) is 0 Å². The molecule has 1 heterocycles. The zero-order valence-electron chi connectivity index (χ0n) is 16.2. The highest BCUT2D eigenvalue weighted by Crippen LogP contribution is 2.18. The van der Waals surface area contributed by atoms with Gasteiger partial charge in [0.15, 0.2) is 6.10 Å². The molecule has 0 saturated heterocycles. The number of nitrogens with one attached hydrogen (secondary N) is 1. The number of benzene rings is 1. The Morgan fingerprint density at radius 2 is 1.77 bits per heavy atom. The Morgan fingerprint density at radius 1 is 1.12 bits per heavy atom. The molecule has 0 aliphatic heterocycles. The topological polar surface area (TPSA) is 60.3 Å². The average molecular weight is 356 g/mol. The van der Waals surface area contributed by atoms with Gasteiger partial charge in [-0.15, -0.1) is 0 Å². The van der Waals surface area contributed by atoms with Gasteiger partial charge in [0.25, 0.3) is 5.91 Å². The van der Waals surface area contributed by atoms with E-state index < -0.39 is 12.1 Å². The monoisotopic (exact) mass is 356 g/mol. The van der Waals surface area contributed by atoms with Crippen LogP contribution in [0.5, 0.6) is 0 Å². The minimum atomic E-state index is -0.821. The zero-order valence-corrected chi connectivity index (χ0v) is 16.2. The maximum Gasteiger partial charge on any atom is 0.340 e. The lowest BCUT2D eigenvalue weighted by Gasteiger charge is -2.15. The lowest BCUT2D eigenvalue weighted by Crippen LogP contribution is -2.37. The fourth-order valence-corrected chi connectivity index (χ4v) is 2.74. The minimum Gasteiger partial charge on any atom is -0.449 e. The van der Waals surface area contributed by atoms with Gasteiger partial charge in [-0.25, -0.2) is 4.79 Å². The van der Waals surface area contributed by atoms with Crippen LogP contribution in [0.2, 0.25) is 0 Å². The van der Waals surface area contributed by atoms with Gasteiger partial charge in [-0.1, -0.05) is 44.2 Å². The number of esters is 1. The third-order valence-electron chi connectivity index (χ3n) is 4.31. The predicted molar refractivity (Wildman–Crippen MR) is 102 cm³/mol. The molecule has 2 rings (SSSR count). The largest absolute Gasteiger partial charge is 0.449 e. The van der Waals surface area contributed by atoms with Crippen LogP contribution in [0.1, 0.15) is 48.1 Å². The van der Waals surface area contributed by atoms with Crippen LogP contribution in [0.3, 0.4) is 0 Å². The quantitative estimate of drug-likeness (QED) is 0.773. The second-order valence-electron chi connectivity index (χ2n) is 7.04. The number of carbonyl (C=O) groups is 2. The van der Waals surface area contributed by atoms with Crippen molar-refractivity contribution < 1.29 is 14.3 Å². The van der Waals surface area contributed by atoms with Gasteiger partial charge in [0, 0.05) is 24.5 Å². The van der Waals surface area contributed by atoms with Crippen molar-refractivity contribution in [2.75, 3.05) is 6.54 Å². The molecule has 1 amide bonds. The summed E-state index contributed by atoms with van der Waals surface area (Å²) in [6, 6.07) is 11.9. The molecule has 140 valence electrons. The lowest BCUT2D eigenvalue weighted by atomic mass is 10.2. The number of carbonyl (C=O) groups excluding carboxylic acids is 2. The van der Waals surface area contributed by atoms with Crippen LogP contribution in [0, 0.1) is 19.8 Å². The molecule has 2 aromatic rings. The van der Waals surface area contributed by atoms with Gasteiger partial charge in [-0.3, -0.25) is 4.79 Å². The lowest BCUT2D eigenvalue weighted by molar-refractivity contribution is -0.129. The Kier molecular flexibility index (Phi) is 6.61. The summed E-state index contributed by atoms with van der Waals surface area (Å²) in [4.78, 5) is 24.5. The molecule has 0 fully saturated rings. The number of aryl methyl sites for hydroxylation is 1. The molecule has 0 spiro atoms. The molecule has 1 aromatic carbocycles. The van der Waals surface area contributed by atoms with Crippen molar-refractivity contribution in [2.24, 2.45) is 5.92 Å². The van der Waals surface area contributed by atoms with E-state index in [4.69, 9.17) is 4.74 Å². The molecular weight excluding hydrogens is 328 g/mol. The van der Waals surface area contributed by atoms with Crippen molar-refractivity contribution in [2.45, 2.75) is 47.3 Å². The first-order valence-electron chi connectivity index (χ1n) is 8.99. The van der Waals surface area contributed by atoms with Crippen molar-refractivity contribution >= 4 is 11.9 Å². The highest BCUT2D eigenvalue weighted by atomic mass is 16.5. The maximum absolute atomic E-state index is 12.5. The minimum absolute atomic E-state index is 0.273. The first-order chi connectivity index (χ1) is 12.3. The highest BCUT2D eigenvalue weighted by molar-refractivity contribution is 5.93. The fraction of sp³-hybridized carbons (Fsp3) is 0.429. The second kappa shape index (κ2) is 8.70. The summed E-state index contributed by atoms with van der Waals surface area (Å²) < 4.78 is 7.44. The summed E-state index contributed by atoms with van der Waals surface area (Å²) in [5.41, 5.74) is 3.49. The van der Waals surface area contributed by atoms with E-state index in [0.717, 1.165) is 17.0 Å². The van der Waals surface area contributed by atoms with Crippen LogP contribution in [-0.4, -0.2) is 29.1 Å². The van der Waals surface area contributed by atoms with E-state index in [2.05, 4.69) is 22.0 Å². The van der Waals surface area contributed by atoms with Crippen molar-refractivity contribution in [3.05, 3.63) is 58.9 Å². The molecule has 26 heavy (non-hydrogen) atoms. The Balaban J connectivity index is 2.07. The fourth-order valence-electron chi connectivity index (χ4n) is 2.74. The van der Waals surface area contributed by atoms with E-state index >= 15 is 0 Å². The first-order valence-corrected chi connectivity index (χ1v) is 8.99. The van der Waals surface area contributed by atoms with E-state index in [1.807, 2.05) is 52.0 Å². The van der Waals surface area contributed by atoms with E-state index in [-0.39, 0.29) is 5.91 Å². The van der Waals surface area contributed by atoms with Gasteiger partial charge in [0.2, 0.25) is 0 Å². The zero-order chi connectivity index (χ0) is 19.3. The van der Waals surface area contributed by atoms with E-state index in [9.17, 15) is 9.59 Å². The van der Waals surface area contributed by atoms with Crippen LogP contribution in [0.15, 0.2) is 36.4 Å². The van der Waals surface area contributed by atoms with Gasteiger partial charge in [-0.2, -0.15) is 0 Å². The summed E-state index contributed by atoms with van der Waals surface area (Å²) >= 11 is 0. The highest BCUT2D eigenvalue weighted by Gasteiger charge is 2.22. The van der Waals surface area contributed by atoms with Crippen molar-refractivity contribution in [3.63, 3.8) is 0 Å². The molecule has 1 aromatic heterocycles. The van der Waals surface area contributed by atoms with E-state index in [1.165, 1.54) is 0 Å². The summed E-state index contributed by atoms with van der Waals surface area (Å²) in [6.07, 6.45) is -0.821. The summed E-state index contributed by atoms with van der Waals surface area (Å²) in [6.45, 7) is 10.7. The normalized spacial score (nSPS) is 12.1. The van der Waals surface area contributed by atoms with E-state index in [1.54, 1.807) is 6.92 Å². The number of amides is 1. The standard InChI is InChI=1S/C21H28N2O3/c1-14(2)12-22-20(24)17(5)26-21(25)19-11-15(3)23(16(19)4)13-18-9-7-6-8-10-18/h6-11,14,17H,12-13H2,1-5H3,(H,22,24)/t17-/m0/s1. The van der Waals surface area contributed by atoms with Gasteiger partial charge in [0.05, 0.1) is 5.56 Å². The number of hydrogen-bond acceptors (Lipinski definition) is 3. The third-order valence-corrected chi connectivity index (χ3v) is 4.31. The molecule has 1 N–H and O–H groups in total. The van der Waals surface area contributed by atoms with Gasteiger partial charge in [-0.05, 0) is 38.3 Å². The molecule has 0 aliphatic carbocycles. The van der Waals surface area contributed by atoms with Gasteiger partial charge >= 0.3 is 5.97 Å². The molecule has 5 nitrogen and oxygen atoms in total. The Morgan fingerprint density at radius 3 is 2.38 bits per heavy atom. The Labute approximate surface area is 155 Å². The Bertz CT molecular complexity index is 763. The molecule has 0 saturated carbocycles. The average Bonchev–Trinajstić information content (AvgIpc) is 2.88. The molecule has 0 radical (unpaired) electrons. The Hall–Kier alpha value is -2.56. The van der Waals surface area contributed by atoms with Crippen LogP contribution >= 0.6 is 0 Å². The van der Waals surface area contributed by atoms with Gasteiger partial charge in [0.1, 0.15) is 0 Å².